The molecule has 13 heteroatoms. The first-order chi connectivity index (χ1) is 20.8. The molecule has 234 valence electrons. The number of carboxylic acids is 1. The third-order valence-electron chi connectivity index (χ3n) is 11.2. The number of nitrogens with two attached hydrogens (primary N) is 1. The Labute approximate surface area is 256 Å². The Morgan fingerprint density at radius 3 is 2.36 bits per heavy atom. The van der Waals surface area contributed by atoms with Gasteiger partial charge in [0.25, 0.3) is 15.9 Å². The van der Waals surface area contributed by atoms with Crippen LogP contribution in [0.4, 0.5) is 5.69 Å². The van der Waals surface area contributed by atoms with Crippen LogP contribution in [-0.4, -0.2) is 121 Å². The number of rotatable bonds is 9. The third-order valence-corrected chi connectivity index (χ3v) is 12.9. The van der Waals surface area contributed by atoms with E-state index in [0.29, 0.717) is 29.6 Å². The Bertz CT molecular complexity index is 1750. The van der Waals surface area contributed by atoms with E-state index in [9.17, 15) is 33.0 Å². The van der Waals surface area contributed by atoms with Gasteiger partial charge in [0.05, 0.1) is 41.7 Å². The molecule has 6 heterocycles. The minimum absolute atomic E-state index is 0.182. The summed E-state index contributed by atoms with van der Waals surface area (Å²) in [5.74, 6) is -3.14. The lowest BCUT2D eigenvalue weighted by molar-refractivity contribution is -1.08. The zero-order chi connectivity index (χ0) is 31.3. The van der Waals surface area contributed by atoms with Crippen molar-refractivity contribution in [2.45, 2.75) is 37.3 Å². The van der Waals surface area contributed by atoms with Gasteiger partial charge in [-0.2, -0.15) is 0 Å². The van der Waals surface area contributed by atoms with Crippen LogP contribution in [-0.2, 0) is 30.8 Å². The number of nitrogens with zero attached hydrogens (tertiary/aromatic N) is 4. The lowest BCUT2D eigenvalue weighted by Gasteiger charge is -2.55. The monoisotopic (exact) mass is 625 g/mol. The van der Waals surface area contributed by atoms with Gasteiger partial charge in [-0.05, 0) is 35.6 Å². The van der Waals surface area contributed by atoms with Crippen molar-refractivity contribution in [3.63, 3.8) is 0 Å². The van der Waals surface area contributed by atoms with Gasteiger partial charge in [-0.15, -0.1) is 0 Å². The van der Waals surface area contributed by atoms with Crippen molar-refractivity contribution < 1.29 is 42.0 Å². The van der Waals surface area contributed by atoms with Crippen molar-refractivity contribution in [2.24, 2.45) is 17.6 Å². The zero-order valence-electron chi connectivity index (χ0n) is 25.0. The number of carbonyl (C=O) groups is 3. The van der Waals surface area contributed by atoms with Gasteiger partial charge >= 0.3 is 5.97 Å². The van der Waals surface area contributed by atoms with Crippen LogP contribution in [0.1, 0.15) is 19.4 Å². The average Bonchev–Trinajstić information content (AvgIpc) is 3.34. The molecule has 2 unspecified atom stereocenters. The number of piperazine rings is 3. The Morgan fingerprint density at radius 2 is 1.75 bits per heavy atom. The number of aliphatic hydroxyl groups excluding tert-OH is 1. The number of aliphatic carboxylic acids is 1. The van der Waals surface area contributed by atoms with Gasteiger partial charge < -0.3 is 29.8 Å². The van der Waals surface area contributed by atoms with Gasteiger partial charge in [-0.25, -0.2) is 13.2 Å². The number of β-lactam (4-membered cyclic amide) rings is 1. The second-order valence-electron chi connectivity index (χ2n) is 13.5. The van der Waals surface area contributed by atoms with Crippen LogP contribution in [0.2, 0.25) is 0 Å². The summed E-state index contributed by atoms with van der Waals surface area (Å²) in [6.07, 6.45) is -0.228. The first kappa shape index (κ1) is 29.2. The molecule has 0 saturated carbocycles. The predicted molar refractivity (Wildman–Crippen MR) is 160 cm³/mol. The zero-order valence-corrected chi connectivity index (χ0v) is 25.8. The van der Waals surface area contributed by atoms with E-state index < -0.39 is 45.9 Å². The summed E-state index contributed by atoms with van der Waals surface area (Å²) >= 11 is 0. The number of amides is 2. The molecule has 4 atom stereocenters. The summed E-state index contributed by atoms with van der Waals surface area (Å²) in [6.45, 7) is 10.1. The molecule has 4 N–H and O–H groups in total. The van der Waals surface area contributed by atoms with Crippen molar-refractivity contribution >= 4 is 44.3 Å². The van der Waals surface area contributed by atoms with E-state index in [1.54, 1.807) is 19.1 Å². The van der Waals surface area contributed by atoms with E-state index in [1.807, 2.05) is 12.1 Å². The largest absolute Gasteiger partial charge is 0.477 e. The number of anilines is 1. The van der Waals surface area contributed by atoms with Gasteiger partial charge in [0.15, 0.2) is 6.54 Å². The predicted octanol–water partition coefficient (Wildman–Crippen LogP) is 0.233. The maximum absolute atomic E-state index is 14.2. The van der Waals surface area contributed by atoms with Gasteiger partial charge in [0.2, 0.25) is 5.91 Å². The number of fused-ring (bicyclic) bond motifs is 4. The smallest absolute Gasteiger partial charge is 0.352 e. The molecule has 4 fully saturated rings. The van der Waals surface area contributed by atoms with E-state index in [2.05, 4.69) is 6.07 Å². The van der Waals surface area contributed by atoms with Crippen LogP contribution in [0, 0.1) is 11.8 Å². The number of carboxylic acid groups (broad SMARTS) is 1. The Balaban J connectivity index is 1.16. The maximum Gasteiger partial charge on any atom is 0.352 e. The molecule has 12 nitrogen and oxygen atoms in total. The van der Waals surface area contributed by atoms with Crippen LogP contribution in [0.5, 0.6) is 0 Å². The fraction of sp³-hybridized carbons (Fsp3) is 0.516. The summed E-state index contributed by atoms with van der Waals surface area (Å²) in [6, 6.07) is 8.77. The number of primary amides is 1. The molecular formula is C31H39N5O7S+2. The highest BCUT2D eigenvalue weighted by Crippen LogP contribution is 2.49. The van der Waals surface area contributed by atoms with Crippen molar-refractivity contribution in [3.8, 4) is 0 Å². The van der Waals surface area contributed by atoms with Crippen molar-refractivity contribution in [3.05, 3.63) is 47.2 Å². The molecule has 2 aromatic carbocycles. The van der Waals surface area contributed by atoms with Crippen LogP contribution in [0.15, 0.2) is 46.5 Å². The van der Waals surface area contributed by atoms with Crippen molar-refractivity contribution in [1.82, 2.24) is 4.90 Å². The molecule has 0 spiro atoms. The Hall–Kier alpha value is -3.52. The summed E-state index contributed by atoms with van der Waals surface area (Å²) in [4.78, 5) is 38.3. The number of benzene rings is 2. The quantitative estimate of drug-likeness (QED) is 0.266. The van der Waals surface area contributed by atoms with Gasteiger partial charge in [0.1, 0.15) is 45.0 Å². The molecule has 0 aliphatic carbocycles. The van der Waals surface area contributed by atoms with Crippen LogP contribution in [0.25, 0.3) is 10.8 Å². The van der Waals surface area contributed by atoms with E-state index >= 15 is 0 Å². The molecule has 4 saturated heterocycles. The SMILES string of the molecule is C[C@@H](O)C1C(=O)N2C(C(=O)O)=C(CN3c4cccc5cc(CC[N+]67CC[N+](CC(N)=O)(CC6)CC7)cc(c45)S3(=O)=O)[C@H](C)C12. The normalized spacial score (nSPS) is 32.2. The van der Waals surface area contributed by atoms with E-state index in [0.717, 1.165) is 65.7 Å². The molecule has 2 bridgehead atoms. The number of hydrogen-bond donors (Lipinski definition) is 3. The number of carbonyl (C=O) groups excluding carboxylic acids is 2. The summed E-state index contributed by atoms with van der Waals surface area (Å²) in [5.41, 5.74) is 7.14. The standard InChI is InChI=1S/C31H37N5O7S/c1-18-22(29(31(40)41)34-28(18)26(19(2)37)30(34)39)16-33-23-5-3-4-21-14-20(15-24(27(21)23)44(33,42)43)6-7-35-8-11-36(12-9-35,13-10-35)17-25(32)38/h3-5,14-15,18-19,26,28,37H,6-13,16-17H2,1-2H3,(H-2,32,38,40,41)/p+2/t18-,19+,26?,28?,35?,36?/m0/s1. The molecule has 44 heavy (non-hydrogen) atoms. The van der Waals surface area contributed by atoms with Crippen LogP contribution >= 0.6 is 0 Å². The fourth-order valence-electron chi connectivity index (χ4n) is 8.62. The van der Waals surface area contributed by atoms with Gasteiger partial charge in [0, 0.05) is 17.7 Å². The summed E-state index contributed by atoms with van der Waals surface area (Å²) in [5, 5.41) is 21.7. The molecule has 6 aliphatic rings. The lowest BCUT2D eigenvalue weighted by Crippen LogP contribution is -2.76. The van der Waals surface area contributed by atoms with Crippen molar-refractivity contribution in [1.29, 1.82) is 0 Å². The number of sulfonamides is 1. The average molecular weight is 626 g/mol. The minimum atomic E-state index is -4.01. The molecule has 2 amide bonds. The van der Waals surface area contributed by atoms with E-state index in [-0.39, 0.29) is 23.0 Å². The minimum Gasteiger partial charge on any atom is -0.477 e. The number of aliphatic hydroxyl groups is 1. The van der Waals surface area contributed by atoms with Crippen molar-refractivity contribution in [2.75, 3.05) is 63.2 Å². The molecule has 6 aliphatic heterocycles. The second-order valence-corrected chi connectivity index (χ2v) is 15.4. The highest BCUT2D eigenvalue weighted by atomic mass is 32.2. The second kappa shape index (κ2) is 9.74. The Morgan fingerprint density at radius 1 is 1.09 bits per heavy atom. The summed E-state index contributed by atoms with van der Waals surface area (Å²) < 4.78 is 31.3. The highest BCUT2D eigenvalue weighted by Gasteiger charge is 2.60. The van der Waals surface area contributed by atoms with E-state index in [1.165, 1.54) is 16.1 Å². The molecule has 0 radical (unpaired) electrons. The molecule has 8 rings (SSSR count). The molecular weight excluding hydrogens is 586 g/mol. The maximum atomic E-state index is 14.2. The fourth-order valence-corrected chi connectivity index (χ4v) is 10.4. The number of hydrogen-bond acceptors (Lipinski definition) is 6. The van der Waals surface area contributed by atoms with Gasteiger partial charge in [-0.3, -0.25) is 13.9 Å². The first-order valence-corrected chi connectivity index (χ1v) is 16.8. The first-order valence-electron chi connectivity index (χ1n) is 15.3. The molecule has 2 aromatic rings. The molecule has 0 aromatic heterocycles. The lowest BCUT2D eigenvalue weighted by atomic mass is 9.78. The number of quaternary nitrogens is 2. The van der Waals surface area contributed by atoms with Crippen LogP contribution in [0.3, 0.4) is 0 Å². The summed E-state index contributed by atoms with van der Waals surface area (Å²) in [7, 11) is -4.01. The van der Waals surface area contributed by atoms with Gasteiger partial charge in [-0.1, -0.05) is 25.1 Å². The topological polar surface area (TPSA) is 158 Å². The Kier molecular flexibility index (Phi) is 6.46. The third kappa shape index (κ3) is 4.12. The highest BCUT2D eigenvalue weighted by molar-refractivity contribution is 7.93. The van der Waals surface area contributed by atoms with Crippen LogP contribution < -0.4 is 10.0 Å². The van der Waals surface area contributed by atoms with E-state index in [4.69, 9.17) is 5.73 Å².